The smallest absolute Gasteiger partial charge is 0.258 e. The number of halogens is 5. The van der Waals surface area contributed by atoms with Gasteiger partial charge in [0.25, 0.3) is 11.8 Å². The molecular weight excluding hydrogens is 604 g/mol. The molecule has 33 heavy (non-hydrogen) atoms. The molecule has 1 heterocycles. The highest BCUT2D eigenvalue weighted by Gasteiger charge is 2.73. The Morgan fingerprint density at radius 3 is 2.42 bits per heavy atom. The lowest BCUT2D eigenvalue weighted by atomic mass is 9.68. The first-order valence-corrected chi connectivity index (χ1v) is 12.0. The monoisotopic (exact) mass is 617 g/mol. The lowest BCUT2D eigenvalue weighted by Crippen LogP contribution is -2.55. The van der Waals surface area contributed by atoms with E-state index in [-0.39, 0.29) is 28.1 Å². The second-order valence-corrected chi connectivity index (χ2v) is 10.5. The zero-order valence-electron chi connectivity index (χ0n) is 17.0. The van der Waals surface area contributed by atoms with E-state index in [1.807, 2.05) is 0 Å². The minimum Gasteiger partial charge on any atom is -0.503 e. The summed E-state index contributed by atoms with van der Waals surface area (Å²) in [6, 6.07) is 6.44. The van der Waals surface area contributed by atoms with Gasteiger partial charge in [-0.3, -0.25) is 9.59 Å². The number of aromatic hydroxyl groups is 1. The number of phenolic OH excluding ortho intramolecular Hbond substituents is 1. The van der Waals surface area contributed by atoms with E-state index in [1.54, 1.807) is 12.2 Å². The molecule has 3 unspecified atom stereocenters. The van der Waals surface area contributed by atoms with Gasteiger partial charge in [-0.1, -0.05) is 18.7 Å². The van der Waals surface area contributed by atoms with Crippen LogP contribution in [0.1, 0.15) is 17.9 Å². The Morgan fingerprint density at radius 2 is 1.85 bits per heavy atom. The van der Waals surface area contributed by atoms with Crippen LogP contribution in [0.25, 0.3) is 0 Å². The Kier molecular flexibility index (Phi) is 6.18. The second kappa shape index (κ2) is 8.41. The fourth-order valence-corrected chi connectivity index (χ4v) is 6.14. The van der Waals surface area contributed by atoms with Gasteiger partial charge >= 0.3 is 0 Å². The molecule has 0 bridgehead atoms. The molecule has 2 aromatic carbocycles. The molecule has 4 rings (SSSR count). The van der Waals surface area contributed by atoms with E-state index in [2.05, 4.69) is 38.4 Å². The summed E-state index contributed by atoms with van der Waals surface area (Å²) >= 11 is 20.8. The van der Waals surface area contributed by atoms with Crippen LogP contribution in [0, 0.1) is 5.82 Å². The number of carbonyl (C=O) groups is 2. The van der Waals surface area contributed by atoms with Gasteiger partial charge in [0.1, 0.15) is 5.82 Å². The lowest BCUT2D eigenvalue weighted by Gasteiger charge is -2.42. The molecule has 1 aliphatic carbocycles. The predicted octanol–water partition coefficient (Wildman–Crippen LogP) is 6.19. The first-order chi connectivity index (χ1) is 15.5. The van der Waals surface area contributed by atoms with Crippen LogP contribution in [0.4, 0.5) is 10.1 Å². The number of phenols is 1. The summed E-state index contributed by atoms with van der Waals surface area (Å²) in [6.07, 6.45) is 3.24. The highest BCUT2D eigenvalue weighted by atomic mass is 79.9. The number of hydrogen-bond acceptors (Lipinski definition) is 4. The predicted molar refractivity (Wildman–Crippen MR) is 132 cm³/mol. The number of alkyl halides is 2. The molecule has 0 saturated carbocycles. The fourth-order valence-electron chi connectivity index (χ4n) is 4.35. The van der Waals surface area contributed by atoms with Crippen LogP contribution in [0.2, 0.25) is 0 Å². The van der Waals surface area contributed by atoms with Gasteiger partial charge in [0, 0.05) is 10.4 Å². The quantitative estimate of drug-likeness (QED) is 0.327. The van der Waals surface area contributed by atoms with E-state index in [4.69, 9.17) is 27.9 Å². The molecule has 0 aromatic heterocycles. The summed E-state index contributed by atoms with van der Waals surface area (Å²) in [5.41, 5.74) is 1.18. The minimum absolute atomic E-state index is 0.0216. The topological polar surface area (TPSA) is 66.8 Å². The van der Waals surface area contributed by atoms with E-state index in [1.165, 1.54) is 25.3 Å². The Balaban J connectivity index is 1.98. The first kappa shape index (κ1) is 24.3. The third kappa shape index (κ3) is 3.29. The van der Waals surface area contributed by atoms with Crippen molar-refractivity contribution >= 4 is 72.6 Å². The Hall–Kier alpha value is -1.87. The molecule has 2 aliphatic rings. The van der Waals surface area contributed by atoms with Gasteiger partial charge in [-0.25, -0.2) is 9.29 Å². The maximum absolute atomic E-state index is 13.9. The molecule has 0 radical (unpaired) electrons. The lowest BCUT2D eigenvalue weighted by molar-refractivity contribution is -0.122. The number of hydrogen-bond donors (Lipinski definition) is 1. The third-order valence-corrected chi connectivity index (χ3v) is 9.58. The van der Waals surface area contributed by atoms with Crippen molar-refractivity contribution in [3.05, 3.63) is 75.0 Å². The van der Waals surface area contributed by atoms with Gasteiger partial charge in [0.15, 0.2) is 21.2 Å². The molecule has 0 spiro atoms. The maximum atomic E-state index is 13.9. The van der Waals surface area contributed by atoms with Crippen LogP contribution in [-0.4, -0.2) is 33.8 Å². The van der Waals surface area contributed by atoms with Crippen LogP contribution in [-0.2, 0) is 9.59 Å². The molecule has 1 N–H and O–H groups in total. The van der Waals surface area contributed by atoms with Crippen molar-refractivity contribution in [3.8, 4) is 11.5 Å². The van der Waals surface area contributed by atoms with Gasteiger partial charge in [-0.15, -0.1) is 23.2 Å². The summed E-state index contributed by atoms with van der Waals surface area (Å²) in [6.45, 7) is 3.84. The van der Waals surface area contributed by atoms with Gasteiger partial charge in [-0.05, 0) is 79.7 Å². The van der Waals surface area contributed by atoms with E-state index in [0.29, 0.717) is 15.6 Å². The summed E-state index contributed by atoms with van der Waals surface area (Å²) < 4.78 is 19.4. The van der Waals surface area contributed by atoms with Crippen LogP contribution in [0.3, 0.4) is 0 Å². The first-order valence-electron chi connectivity index (χ1n) is 9.62. The standard InChI is InChI=1S/C23H16Br2Cl2FNO4/c1-3-11-8-9-22(26)20(31)29(13-6-4-12(28)5-7-13)21(32)23(22,27)16(11)14-10-15(33-2)19(30)18(25)17(14)24/h3-8,10,16,30H,1,9H2,2H3. The van der Waals surface area contributed by atoms with E-state index in [0.717, 1.165) is 17.0 Å². The van der Waals surface area contributed by atoms with Gasteiger partial charge in [-0.2, -0.15) is 0 Å². The SMILES string of the molecule is C=CC1=CCC2(Cl)C(=O)N(c3ccc(F)cc3)C(=O)C2(Cl)C1c1cc(OC)c(O)c(Br)c1Br. The number of imide groups is 1. The molecule has 2 aromatic rings. The Bertz CT molecular complexity index is 1240. The molecule has 5 nitrogen and oxygen atoms in total. The number of ether oxygens (including phenoxy) is 1. The molecule has 3 atom stereocenters. The molecule has 172 valence electrons. The molecule has 2 amide bonds. The fraction of sp³-hybridized carbons (Fsp3) is 0.217. The summed E-state index contributed by atoms with van der Waals surface area (Å²) in [5.74, 6) is -2.94. The third-order valence-electron chi connectivity index (χ3n) is 6.01. The zero-order valence-corrected chi connectivity index (χ0v) is 21.7. The number of nitrogens with zero attached hydrogens (tertiary/aromatic N) is 1. The van der Waals surface area contributed by atoms with Crippen LogP contribution in [0.5, 0.6) is 11.5 Å². The van der Waals surface area contributed by atoms with Crippen molar-refractivity contribution in [2.45, 2.75) is 22.1 Å². The van der Waals surface area contributed by atoms with E-state index < -0.39 is 33.3 Å². The molecular formula is C23H16Br2Cl2FNO4. The second-order valence-electron chi connectivity index (χ2n) is 7.63. The molecule has 1 aliphatic heterocycles. The highest BCUT2D eigenvalue weighted by Crippen LogP contribution is 2.61. The van der Waals surface area contributed by atoms with Gasteiger partial charge in [0.05, 0.1) is 17.3 Å². The number of allylic oxidation sites excluding steroid dienone is 3. The normalized spacial score (nSPS) is 26.8. The molecule has 10 heteroatoms. The summed E-state index contributed by atoms with van der Waals surface area (Å²) in [7, 11) is 1.38. The van der Waals surface area contributed by atoms with Crippen LogP contribution in [0.15, 0.2) is 63.6 Å². The number of carbonyl (C=O) groups excluding carboxylic acids is 2. The van der Waals surface area contributed by atoms with Crippen molar-refractivity contribution in [2.75, 3.05) is 12.0 Å². The molecule has 1 saturated heterocycles. The van der Waals surface area contributed by atoms with Crippen molar-refractivity contribution in [1.82, 2.24) is 0 Å². The van der Waals surface area contributed by atoms with Gasteiger partial charge < -0.3 is 9.84 Å². The largest absolute Gasteiger partial charge is 0.503 e. The van der Waals surface area contributed by atoms with Crippen molar-refractivity contribution in [3.63, 3.8) is 0 Å². The number of methoxy groups -OCH3 is 1. The minimum atomic E-state index is -1.96. The van der Waals surface area contributed by atoms with Crippen molar-refractivity contribution < 1.29 is 23.8 Å². The number of benzene rings is 2. The van der Waals surface area contributed by atoms with E-state index >= 15 is 0 Å². The van der Waals surface area contributed by atoms with Crippen LogP contribution < -0.4 is 9.64 Å². The summed E-state index contributed by atoms with van der Waals surface area (Å²) in [4.78, 5) is 24.5. The maximum Gasteiger partial charge on any atom is 0.258 e. The Labute approximate surface area is 216 Å². The zero-order chi connectivity index (χ0) is 24.3. The number of rotatable bonds is 4. The average molecular weight is 620 g/mol. The average Bonchev–Trinajstić information content (AvgIpc) is 2.95. The number of amides is 2. The summed E-state index contributed by atoms with van der Waals surface area (Å²) in [5, 5.41) is 10.4. The van der Waals surface area contributed by atoms with E-state index in [9.17, 15) is 19.1 Å². The number of anilines is 1. The highest BCUT2D eigenvalue weighted by molar-refractivity contribution is 9.13. The number of fused-ring (bicyclic) bond motifs is 1. The van der Waals surface area contributed by atoms with Crippen molar-refractivity contribution in [2.24, 2.45) is 0 Å². The molecule has 1 fully saturated rings. The van der Waals surface area contributed by atoms with Crippen molar-refractivity contribution in [1.29, 1.82) is 0 Å². The Morgan fingerprint density at radius 1 is 1.21 bits per heavy atom. The van der Waals surface area contributed by atoms with Crippen LogP contribution >= 0.6 is 55.1 Å². The van der Waals surface area contributed by atoms with Gasteiger partial charge in [0.2, 0.25) is 0 Å².